The van der Waals surface area contributed by atoms with Crippen LogP contribution in [-0.2, 0) is 11.3 Å². The van der Waals surface area contributed by atoms with E-state index < -0.39 is 16.6 Å². The first kappa shape index (κ1) is 16.6. The van der Waals surface area contributed by atoms with Crippen LogP contribution in [0.5, 0.6) is 11.5 Å². The number of fused-ring (bicyclic) bond motifs is 1. The fourth-order valence-electron chi connectivity index (χ4n) is 2.52. The summed E-state index contributed by atoms with van der Waals surface area (Å²) >= 11 is 0. The maximum absolute atomic E-state index is 12.4. The number of aromatic nitrogens is 1. The smallest absolute Gasteiger partial charge is 0.345 e. The zero-order chi connectivity index (χ0) is 18.8. The van der Waals surface area contributed by atoms with Gasteiger partial charge in [-0.3, -0.25) is 10.1 Å². The maximum atomic E-state index is 12.4. The number of hydrogen-bond acceptors (Lipinski definition) is 9. The second-order valence-electron chi connectivity index (χ2n) is 5.51. The second-order valence-corrected chi connectivity index (χ2v) is 5.51. The lowest BCUT2D eigenvalue weighted by atomic mass is 10.1. The third-order valence-electron chi connectivity index (χ3n) is 3.75. The molecule has 0 unspecified atom stereocenters. The molecule has 27 heavy (non-hydrogen) atoms. The van der Waals surface area contributed by atoms with Crippen LogP contribution in [0.2, 0.25) is 0 Å². The van der Waals surface area contributed by atoms with Crippen molar-refractivity contribution in [1.29, 1.82) is 0 Å². The van der Waals surface area contributed by atoms with E-state index in [1.807, 2.05) is 0 Å². The fourth-order valence-corrected chi connectivity index (χ4v) is 2.52. The molecule has 1 aliphatic heterocycles. The van der Waals surface area contributed by atoms with Gasteiger partial charge in [-0.15, -0.1) is 0 Å². The summed E-state index contributed by atoms with van der Waals surface area (Å²) in [4.78, 5) is 23.0. The van der Waals surface area contributed by atoms with Crippen molar-refractivity contribution in [3.05, 3.63) is 58.0 Å². The summed E-state index contributed by atoms with van der Waals surface area (Å²) in [5, 5.41) is 15.1. The molecule has 1 aromatic carbocycles. The van der Waals surface area contributed by atoms with Crippen LogP contribution in [0.3, 0.4) is 0 Å². The number of nitro benzene ring substituents is 1. The van der Waals surface area contributed by atoms with Crippen LogP contribution in [0.4, 0.5) is 5.69 Å². The highest BCUT2D eigenvalue weighted by atomic mass is 16.6. The minimum atomic E-state index is -0.888. The first-order valence-corrected chi connectivity index (χ1v) is 7.86. The van der Waals surface area contributed by atoms with E-state index >= 15 is 0 Å². The van der Waals surface area contributed by atoms with Crippen LogP contribution in [0.25, 0.3) is 11.5 Å². The van der Waals surface area contributed by atoms with Gasteiger partial charge in [0.05, 0.1) is 17.3 Å². The van der Waals surface area contributed by atoms with Gasteiger partial charge < -0.3 is 23.2 Å². The summed E-state index contributed by atoms with van der Waals surface area (Å²) in [6.07, 6.45) is 1.48. The standard InChI is InChI=1S/C17H12N2O8/c20-17(26-9-10-6-16(27-18-10)13-2-1-3-23-13)11-7-14-15(25-5-4-24-14)8-12(11)19(21)22/h1-3,6-8H,4-5,9H2. The molecular formula is C17H12N2O8. The van der Waals surface area contributed by atoms with Gasteiger partial charge in [-0.2, -0.15) is 0 Å². The van der Waals surface area contributed by atoms with Crippen molar-refractivity contribution in [2.24, 2.45) is 0 Å². The lowest BCUT2D eigenvalue weighted by Crippen LogP contribution is -2.17. The third-order valence-corrected chi connectivity index (χ3v) is 3.75. The van der Waals surface area contributed by atoms with Gasteiger partial charge in [0.1, 0.15) is 31.1 Å². The average molecular weight is 372 g/mol. The number of nitrogens with zero attached hydrogens (tertiary/aromatic N) is 2. The fraction of sp³-hybridized carbons (Fsp3) is 0.176. The number of carbonyl (C=O) groups is 1. The molecule has 0 spiro atoms. The Morgan fingerprint density at radius 3 is 2.67 bits per heavy atom. The summed E-state index contributed by atoms with van der Waals surface area (Å²) in [6.45, 7) is 0.334. The molecule has 3 aromatic rings. The molecule has 0 radical (unpaired) electrons. The molecule has 0 N–H and O–H groups in total. The lowest BCUT2D eigenvalue weighted by Gasteiger charge is -2.18. The van der Waals surface area contributed by atoms with Crippen LogP contribution in [0, 0.1) is 10.1 Å². The van der Waals surface area contributed by atoms with E-state index in [9.17, 15) is 14.9 Å². The SMILES string of the molecule is O=C(OCc1cc(-c2ccco2)on1)c1cc2c(cc1[N+](=O)[O-])OCCO2. The van der Waals surface area contributed by atoms with Crippen LogP contribution in [-0.4, -0.2) is 29.3 Å². The molecule has 0 aliphatic carbocycles. The number of hydrogen-bond donors (Lipinski definition) is 0. The van der Waals surface area contributed by atoms with Gasteiger partial charge in [0.15, 0.2) is 17.3 Å². The summed E-state index contributed by atoms with van der Waals surface area (Å²) in [7, 11) is 0. The molecule has 0 atom stereocenters. The molecule has 10 nitrogen and oxygen atoms in total. The van der Waals surface area contributed by atoms with E-state index in [2.05, 4.69) is 5.16 Å². The van der Waals surface area contributed by atoms with E-state index in [1.54, 1.807) is 18.2 Å². The maximum Gasteiger partial charge on any atom is 0.345 e. The van der Waals surface area contributed by atoms with Gasteiger partial charge in [-0.1, -0.05) is 5.16 Å². The minimum absolute atomic E-state index is 0.212. The molecule has 0 bridgehead atoms. The van der Waals surface area contributed by atoms with Crippen molar-refractivity contribution in [3.63, 3.8) is 0 Å². The van der Waals surface area contributed by atoms with Crippen LogP contribution < -0.4 is 9.47 Å². The zero-order valence-electron chi connectivity index (χ0n) is 13.7. The Balaban J connectivity index is 1.52. The van der Waals surface area contributed by atoms with Crippen LogP contribution in [0.15, 0.2) is 45.5 Å². The largest absolute Gasteiger partial charge is 0.486 e. The predicted molar refractivity (Wildman–Crippen MR) is 87.4 cm³/mol. The first-order chi connectivity index (χ1) is 13.1. The predicted octanol–water partition coefficient (Wildman–Crippen LogP) is 2.97. The van der Waals surface area contributed by atoms with Crippen molar-refractivity contribution in [2.45, 2.75) is 6.61 Å². The highest BCUT2D eigenvalue weighted by Crippen LogP contribution is 2.37. The Hall–Kier alpha value is -3.82. The Labute approximate surface area is 151 Å². The Kier molecular flexibility index (Phi) is 4.21. The number of rotatable bonds is 5. The minimum Gasteiger partial charge on any atom is -0.486 e. The zero-order valence-corrected chi connectivity index (χ0v) is 13.7. The summed E-state index contributed by atoms with van der Waals surface area (Å²) in [6, 6.07) is 7.32. The molecule has 3 heterocycles. The molecule has 2 aromatic heterocycles. The Morgan fingerprint density at radius 2 is 1.96 bits per heavy atom. The van der Waals surface area contributed by atoms with Crippen molar-refractivity contribution in [3.8, 4) is 23.0 Å². The third kappa shape index (κ3) is 3.32. The lowest BCUT2D eigenvalue weighted by molar-refractivity contribution is -0.385. The van der Waals surface area contributed by atoms with E-state index in [0.717, 1.165) is 6.07 Å². The van der Waals surface area contributed by atoms with E-state index in [1.165, 1.54) is 12.3 Å². The van der Waals surface area contributed by atoms with Crippen LogP contribution >= 0.6 is 0 Å². The number of benzene rings is 1. The molecular weight excluding hydrogens is 360 g/mol. The van der Waals surface area contributed by atoms with Gasteiger partial charge in [-0.25, -0.2) is 4.79 Å². The van der Waals surface area contributed by atoms with Crippen molar-refractivity contribution >= 4 is 11.7 Å². The van der Waals surface area contributed by atoms with Crippen molar-refractivity contribution in [1.82, 2.24) is 5.16 Å². The Morgan fingerprint density at radius 1 is 1.19 bits per heavy atom. The summed E-state index contributed by atoms with van der Waals surface area (Å²) < 4.78 is 26.1. The first-order valence-electron chi connectivity index (χ1n) is 7.86. The summed E-state index contributed by atoms with van der Waals surface area (Å²) in [5.41, 5.74) is -0.338. The van der Waals surface area contributed by atoms with Gasteiger partial charge in [0.2, 0.25) is 5.76 Å². The number of carbonyl (C=O) groups excluding carboxylic acids is 1. The molecule has 1 aliphatic rings. The van der Waals surface area contributed by atoms with Gasteiger partial charge in [-0.05, 0) is 12.1 Å². The second kappa shape index (κ2) is 6.83. The monoisotopic (exact) mass is 372 g/mol. The van der Waals surface area contributed by atoms with Gasteiger partial charge in [0, 0.05) is 12.1 Å². The number of ether oxygens (including phenoxy) is 3. The molecule has 0 fully saturated rings. The average Bonchev–Trinajstić information content (AvgIpc) is 3.36. The van der Waals surface area contributed by atoms with Crippen molar-refractivity contribution < 1.29 is 32.9 Å². The van der Waals surface area contributed by atoms with Gasteiger partial charge in [0.25, 0.3) is 5.69 Å². The number of furan rings is 1. The molecule has 138 valence electrons. The topological polar surface area (TPSA) is 127 Å². The highest BCUT2D eigenvalue weighted by molar-refractivity contribution is 5.95. The van der Waals surface area contributed by atoms with E-state index in [0.29, 0.717) is 17.2 Å². The molecule has 10 heteroatoms. The normalized spacial score (nSPS) is 12.6. The highest BCUT2D eigenvalue weighted by Gasteiger charge is 2.27. The number of esters is 1. The molecule has 0 amide bonds. The molecule has 0 saturated heterocycles. The van der Waals surface area contributed by atoms with Crippen molar-refractivity contribution in [2.75, 3.05) is 13.2 Å². The quantitative estimate of drug-likeness (QED) is 0.377. The Bertz CT molecular complexity index is 993. The summed E-state index contributed by atoms with van der Waals surface area (Å²) in [5.74, 6) is 0.421. The molecule has 4 rings (SSSR count). The molecule has 0 saturated carbocycles. The van der Waals surface area contributed by atoms with Gasteiger partial charge >= 0.3 is 5.97 Å². The van der Waals surface area contributed by atoms with Crippen LogP contribution in [0.1, 0.15) is 16.1 Å². The number of nitro groups is 1. The van der Waals surface area contributed by atoms with E-state index in [-0.39, 0.29) is 36.9 Å². The van der Waals surface area contributed by atoms with E-state index in [4.69, 9.17) is 23.2 Å².